The number of imidazole rings is 1. The Hall–Kier alpha value is -4.66. The van der Waals surface area contributed by atoms with E-state index in [1.54, 1.807) is 23.1 Å². The Morgan fingerprint density at radius 2 is 1.49 bits per heavy atom. The first kappa shape index (κ1) is 28.5. The lowest BCUT2D eigenvalue weighted by molar-refractivity contribution is -0.137. The fourth-order valence-corrected chi connectivity index (χ4v) is 5.12. The maximum absolute atomic E-state index is 12.9. The molecule has 4 aromatic carbocycles. The lowest BCUT2D eigenvalue weighted by Crippen LogP contribution is -2.03. The number of nitrogens with zero attached hydrogens (tertiary/aromatic N) is 5. The maximum Gasteiger partial charge on any atom is 0.416 e. The van der Waals surface area contributed by atoms with E-state index in [9.17, 15) is 13.2 Å². The van der Waals surface area contributed by atoms with Crippen LogP contribution in [0.5, 0.6) is 0 Å². The quantitative estimate of drug-likeness (QED) is 0.180. The number of hydrogen-bond donors (Lipinski definition) is 0. The molecule has 10 heteroatoms. The molecule has 0 radical (unpaired) electrons. The van der Waals surface area contributed by atoms with Gasteiger partial charge in [-0.3, -0.25) is 0 Å². The lowest BCUT2D eigenvalue weighted by Gasteiger charge is -2.08. The van der Waals surface area contributed by atoms with E-state index in [0.717, 1.165) is 40.1 Å². The van der Waals surface area contributed by atoms with E-state index in [-0.39, 0.29) is 0 Å². The molecule has 0 saturated carbocycles. The van der Waals surface area contributed by atoms with Gasteiger partial charge in [-0.05, 0) is 70.8 Å². The summed E-state index contributed by atoms with van der Waals surface area (Å²) < 4.78 is 42.5. The third-order valence-electron chi connectivity index (χ3n) is 6.87. The molecule has 0 amide bonds. The highest BCUT2D eigenvalue weighted by Crippen LogP contribution is 2.32. The van der Waals surface area contributed by atoms with Crippen LogP contribution < -0.4 is 0 Å². The summed E-state index contributed by atoms with van der Waals surface area (Å²) in [6, 6.07) is 26.0. The summed E-state index contributed by atoms with van der Waals surface area (Å²) in [5, 5.41) is 5.22. The minimum absolute atomic E-state index is 0.503. The van der Waals surface area contributed by atoms with Crippen molar-refractivity contribution < 1.29 is 13.2 Å². The fraction of sp³-hybridized carbons (Fsp3) is 0.0606. The Morgan fingerprint density at radius 1 is 0.791 bits per heavy atom. The molecule has 6 aromatic rings. The summed E-state index contributed by atoms with van der Waals surface area (Å²) in [4.78, 5) is 8.86. The maximum atomic E-state index is 12.9. The lowest BCUT2D eigenvalue weighted by atomic mass is 10.0. The van der Waals surface area contributed by atoms with E-state index in [2.05, 4.69) is 10.1 Å². The highest BCUT2D eigenvalue weighted by molar-refractivity contribution is 6.36. The molecule has 43 heavy (non-hydrogen) atoms. The monoisotopic (exact) mass is 615 g/mol. The van der Waals surface area contributed by atoms with E-state index in [4.69, 9.17) is 28.2 Å². The van der Waals surface area contributed by atoms with Gasteiger partial charge in [-0.2, -0.15) is 18.3 Å². The van der Waals surface area contributed by atoms with E-state index < -0.39 is 11.7 Å². The van der Waals surface area contributed by atoms with Crippen LogP contribution in [0, 0.1) is 0 Å². The number of halogens is 5. The highest BCUT2D eigenvalue weighted by Gasteiger charge is 2.29. The molecule has 0 spiro atoms. The van der Waals surface area contributed by atoms with Crippen LogP contribution in [0.3, 0.4) is 0 Å². The van der Waals surface area contributed by atoms with Crippen molar-refractivity contribution in [1.82, 2.24) is 24.3 Å². The third kappa shape index (κ3) is 6.56. The van der Waals surface area contributed by atoms with Crippen LogP contribution in [0.25, 0.3) is 40.2 Å². The Kier molecular flexibility index (Phi) is 7.88. The highest BCUT2D eigenvalue weighted by atomic mass is 35.5. The van der Waals surface area contributed by atoms with Gasteiger partial charge in [-0.15, -0.1) is 0 Å². The van der Waals surface area contributed by atoms with Gasteiger partial charge in [-0.1, -0.05) is 77.8 Å². The van der Waals surface area contributed by atoms with Crippen molar-refractivity contribution in [3.63, 3.8) is 0 Å². The predicted octanol–water partition coefficient (Wildman–Crippen LogP) is 9.34. The molecule has 0 atom stereocenters. The SMILES string of the molecule is FC(F)(F)c1ccc(-c2ccc(/C=C/c3nc(-c4ccc(Cl)cc4Cl)cn3Cc3ccc(-n4cncn4)cc3)cc2)cc1. The summed E-state index contributed by atoms with van der Waals surface area (Å²) >= 11 is 12.6. The Balaban J connectivity index is 1.27. The molecule has 5 nitrogen and oxygen atoms in total. The number of benzene rings is 4. The summed E-state index contributed by atoms with van der Waals surface area (Å²) in [7, 11) is 0. The Bertz CT molecular complexity index is 1880. The van der Waals surface area contributed by atoms with Crippen LogP contribution >= 0.6 is 23.2 Å². The number of alkyl halides is 3. The zero-order chi connectivity index (χ0) is 30.0. The number of rotatable bonds is 7. The molecule has 2 aromatic heterocycles. The van der Waals surface area contributed by atoms with Crippen LogP contribution in [-0.4, -0.2) is 24.3 Å². The number of hydrogen-bond acceptors (Lipinski definition) is 3. The molecular weight excluding hydrogens is 594 g/mol. The molecule has 0 fully saturated rings. The van der Waals surface area contributed by atoms with Crippen molar-refractivity contribution in [2.75, 3.05) is 0 Å². The summed E-state index contributed by atoms with van der Waals surface area (Å²) in [6.45, 7) is 0.558. The summed E-state index contributed by atoms with van der Waals surface area (Å²) in [5.74, 6) is 0.716. The fourth-order valence-electron chi connectivity index (χ4n) is 4.62. The predicted molar refractivity (Wildman–Crippen MR) is 164 cm³/mol. The van der Waals surface area contributed by atoms with Gasteiger partial charge in [0.2, 0.25) is 0 Å². The molecular formula is C33H22Cl2F3N5. The van der Waals surface area contributed by atoms with E-state index in [0.29, 0.717) is 33.7 Å². The first-order valence-electron chi connectivity index (χ1n) is 13.2. The van der Waals surface area contributed by atoms with Gasteiger partial charge in [0.25, 0.3) is 0 Å². The van der Waals surface area contributed by atoms with Crippen LogP contribution in [0.4, 0.5) is 13.2 Å². The van der Waals surface area contributed by atoms with Gasteiger partial charge >= 0.3 is 6.18 Å². The largest absolute Gasteiger partial charge is 0.416 e. The topological polar surface area (TPSA) is 48.5 Å². The standard InChI is InChI=1S/C33H22Cl2F3N5/c34-27-12-15-29(30(35)17-27)31-19-42(18-23-3-13-28(14-4-23)43-21-39-20-40-43)32(41-31)16-5-22-1-6-24(7-2-22)25-8-10-26(11-9-25)33(36,37)38/h1-17,19-21H,18H2/b16-5+. The van der Waals surface area contributed by atoms with Gasteiger partial charge < -0.3 is 4.57 Å². The molecule has 214 valence electrons. The van der Waals surface area contributed by atoms with Crippen molar-refractivity contribution >= 4 is 35.4 Å². The zero-order valence-electron chi connectivity index (χ0n) is 22.4. The second kappa shape index (κ2) is 11.9. The molecule has 0 aliphatic carbocycles. The molecule has 0 saturated heterocycles. The summed E-state index contributed by atoms with van der Waals surface area (Å²) in [5.41, 5.74) is 5.20. The second-order valence-electron chi connectivity index (χ2n) is 9.77. The van der Waals surface area contributed by atoms with Gasteiger partial charge in [0, 0.05) is 23.3 Å². The first-order valence-corrected chi connectivity index (χ1v) is 13.9. The minimum atomic E-state index is -4.36. The van der Waals surface area contributed by atoms with Crippen molar-refractivity contribution in [2.45, 2.75) is 12.7 Å². The molecule has 0 aliphatic heterocycles. The van der Waals surface area contributed by atoms with Crippen LogP contribution in [0.2, 0.25) is 10.0 Å². The Morgan fingerprint density at radius 3 is 2.12 bits per heavy atom. The summed E-state index contributed by atoms with van der Waals surface area (Å²) in [6.07, 6.45) is 4.59. The average molecular weight is 616 g/mol. The average Bonchev–Trinajstić information content (AvgIpc) is 3.67. The third-order valence-corrected chi connectivity index (χ3v) is 7.42. The van der Waals surface area contributed by atoms with E-state index in [1.807, 2.05) is 77.5 Å². The van der Waals surface area contributed by atoms with Gasteiger partial charge in [0.05, 0.1) is 22.0 Å². The molecule has 2 heterocycles. The van der Waals surface area contributed by atoms with Crippen molar-refractivity contribution in [1.29, 1.82) is 0 Å². The van der Waals surface area contributed by atoms with Crippen LogP contribution in [0.1, 0.15) is 22.5 Å². The number of aromatic nitrogens is 5. The first-order chi connectivity index (χ1) is 20.7. The van der Waals surface area contributed by atoms with Crippen LogP contribution in [0.15, 0.2) is 110 Å². The zero-order valence-corrected chi connectivity index (χ0v) is 23.9. The second-order valence-corrected chi connectivity index (χ2v) is 10.6. The van der Waals surface area contributed by atoms with Crippen LogP contribution in [-0.2, 0) is 12.7 Å². The molecule has 0 N–H and O–H groups in total. The van der Waals surface area contributed by atoms with E-state index in [1.165, 1.54) is 18.5 Å². The molecule has 0 aliphatic rings. The van der Waals surface area contributed by atoms with Crippen molar-refractivity contribution in [2.24, 2.45) is 0 Å². The van der Waals surface area contributed by atoms with Crippen molar-refractivity contribution in [3.05, 3.63) is 142 Å². The van der Waals surface area contributed by atoms with Gasteiger partial charge in [0.15, 0.2) is 0 Å². The van der Waals surface area contributed by atoms with Gasteiger partial charge in [-0.25, -0.2) is 14.6 Å². The molecule has 0 unspecified atom stereocenters. The molecule has 6 rings (SSSR count). The minimum Gasteiger partial charge on any atom is -0.326 e. The Labute approximate surface area is 255 Å². The molecule has 0 bridgehead atoms. The normalized spacial score (nSPS) is 11.8. The van der Waals surface area contributed by atoms with Crippen molar-refractivity contribution in [3.8, 4) is 28.1 Å². The van der Waals surface area contributed by atoms with Gasteiger partial charge in [0.1, 0.15) is 18.5 Å². The smallest absolute Gasteiger partial charge is 0.326 e. The van der Waals surface area contributed by atoms with E-state index >= 15 is 0 Å².